The molecule has 0 fully saturated rings. The Bertz CT molecular complexity index is 75.4. The third kappa shape index (κ3) is 3.75. The molecule has 0 radical (unpaired) electrons. The van der Waals surface area contributed by atoms with Gasteiger partial charge in [-0.2, -0.15) is 0 Å². The minimum Gasteiger partial charge on any atom is -0.416 e. The zero-order chi connectivity index (χ0) is 7.33. The molecule has 0 heterocycles. The van der Waals surface area contributed by atoms with Crippen molar-refractivity contribution in [2.24, 2.45) is 0 Å². The van der Waals surface area contributed by atoms with E-state index in [0.717, 1.165) is 16.5 Å². The second kappa shape index (κ2) is 4.88. The van der Waals surface area contributed by atoms with Crippen molar-refractivity contribution in [2.75, 3.05) is 16.5 Å². The van der Waals surface area contributed by atoms with E-state index in [0.29, 0.717) is 0 Å². The van der Waals surface area contributed by atoms with E-state index in [1.165, 1.54) is 0 Å². The highest BCUT2D eigenvalue weighted by atomic mass is 79.9. The van der Waals surface area contributed by atoms with Crippen LogP contribution in [-0.4, -0.2) is 24.8 Å². The van der Waals surface area contributed by atoms with E-state index in [9.17, 15) is 0 Å². The summed E-state index contributed by atoms with van der Waals surface area (Å²) in [4.78, 5) is 2.03. The van der Waals surface area contributed by atoms with Crippen LogP contribution >= 0.6 is 31.9 Å². The second-order valence-electron chi connectivity index (χ2n) is 2.15. The van der Waals surface area contributed by atoms with Gasteiger partial charge >= 0.3 is 0 Å². The molecule has 0 aromatic heterocycles. The van der Waals surface area contributed by atoms with Crippen molar-refractivity contribution < 1.29 is 4.43 Å². The Morgan fingerprint density at radius 2 is 1.78 bits per heavy atom. The molecule has 0 saturated carbocycles. The Balaban J connectivity index is 3.62. The highest BCUT2D eigenvalue weighted by Gasteiger charge is 2.25. The summed E-state index contributed by atoms with van der Waals surface area (Å²) in [6, 6.07) is 0. The molecule has 0 N–H and O–H groups in total. The van der Waals surface area contributed by atoms with Crippen molar-refractivity contribution >= 4 is 40.2 Å². The van der Waals surface area contributed by atoms with E-state index >= 15 is 0 Å². The van der Waals surface area contributed by atoms with Crippen molar-refractivity contribution in [1.29, 1.82) is 0 Å². The summed E-state index contributed by atoms with van der Waals surface area (Å²) >= 11 is 6.88. The molecule has 0 aliphatic heterocycles. The molecule has 0 aromatic rings. The Hall–Kier alpha value is 1.14. The lowest BCUT2D eigenvalue weighted by Crippen LogP contribution is -2.39. The molecule has 56 valence electrons. The molecule has 0 unspecified atom stereocenters. The molecule has 0 bridgehead atoms. The summed E-state index contributed by atoms with van der Waals surface area (Å²) in [7, 11) is -1.36. The molecule has 0 amide bonds. The standard InChI is InChI=1S/C5H12Br2OSi/c1-3-8-9(2,4-6)5-7/h3-5H2,1-2H3. The number of rotatable bonds is 4. The Morgan fingerprint density at radius 1 is 1.33 bits per heavy atom. The summed E-state index contributed by atoms with van der Waals surface area (Å²) in [6.45, 7) is 5.08. The lowest BCUT2D eigenvalue weighted by molar-refractivity contribution is 0.333. The van der Waals surface area contributed by atoms with E-state index in [1.807, 2.05) is 6.92 Å². The maximum Gasteiger partial charge on any atom is 0.210 e. The van der Waals surface area contributed by atoms with Crippen LogP contribution in [0.5, 0.6) is 0 Å². The molecule has 0 aliphatic rings. The molecule has 0 rings (SSSR count). The normalized spacial score (nSPS) is 12.0. The van der Waals surface area contributed by atoms with Crippen LogP contribution in [0.25, 0.3) is 0 Å². The monoisotopic (exact) mass is 274 g/mol. The van der Waals surface area contributed by atoms with Gasteiger partial charge in [0.05, 0.1) is 0 Å². The zero-order valence-electron chi connectivity index (χ0n) is 5.79. The lowest BCUT2D eigenvalue weighted by Gasteiger charge is -2.21. The predicted molar refractivity (Wildman–Crippen MR) is 50.8 cm³/mol. The molecule has 4 heteroatoms. The Labute approximate surface area is 74.6 Å². The molecule has 0 atom stereocenters. The number of hydrogen-bond acceptors (Lipinski definition) is 1. The maximum atomic E-state index is 5.57. The van der Waals surface area contributed by atoms with Crippen molar-refractivity contribution in [3.63, 3.8) is 0 Å². The van der Waals surface area contributed by atoms with E-state index in [2.05, 4.69) is 38.4 Å². The summed E-state index contributed by atoms with van der Waals surface area (Å²) in [5.74, 6) is 0. The number of alkyl halides is 2. The van der Waals surface area contributed by atoms with Gasteiger partial charge in [-0.05, 0) is 13.5 Å². The summed E-state index contributed by atoms with van der Waals surface area (Å²) < 4.78 is 5.57. The fourth-order valence-electron chi connectivity index (χ4n) is 0.461. The first-order valence-electron chi connectivity index (χ1n) is 2.94. The van der Waals surface area contributed by atoms with Gasteiger partial charge in [0.25, 0.3) is 0 Å². The number of hydrogen-bond donors (Lipinski definition) is 0. The molecule has 0 aromatic carbocycles. The van der Waals surface area contributed by atoms with Gasteiger partial charge in [0.2, 0.25) is 8.32 Å². The fourth-order valence-corrected chi connectivity index (χ4v) is 5.14. The largest absolute Gasteiger partial charge is 0.416 e. The second-order valence-corrected chi connectivity index (χ2v) is 9.24. The van der Waals surface area contributed by atoms with Crippen LogP contribution in [0.2, 0.25) is 6.55 Å². The van der Waals surface area contributed by atoms with Gasteiger partial charge in [0.15, 0.2) is 0 Å². The van der Waals surface area contributed by atoms with E-state index in [1.54, 1.807) is 0 Å². The van der Waals surface area contributed by atoms with Gasteiger partial charge in [0, 0.05) is 16.5 Å². The first-order valence-corrected chi connectivity index (χ1v) is 8.01. The first kappa shape index (κ1) is 10.1. The molecule has 9 heavy (non-hydrogen) atoms. The van der Waals surface area contributed by atoms with Gasteiger partial charge in [-0.1, -0.05) is 31.9 Å². The van der Waals surface area contributed by atoms with Crippen molar-refractivity contribution in [1.82, 2.24) is 0 Å². The SMILES string of the molecule is CCO[Si](C)(CBr)CBr. The lowest BCUT2D eigenvalue weighted by atomic mass is 10.9. The highest BCUT2D eigenvalue weighted by molar-refractivity contribution is 9.10. The van der Waals surface area contributed by atoms with E-state index in [-0.39, 0.29) is 0 Å². The summed E-state index contributed by atoms with van der Waals surface area (Å²) in [5.41, 5.74) is 0. The number of halogens is 2. The average molecular weight is 276 g/mol. The van der Waals surface area contributed by atoms with Gasteiger partial charge in [-0.25, -0.2) is 0 Å². The van der Waals surface area contributed by atoms with Crippen LogP contribution in [0.4, 0.5) is 0 Å². The third-order valence-electron chi connectivity index (χ3n) is 1.06. The maximum absolute atomic E-state index is 5.57. The first-order chi connectivity index (χ1) is 4.18. The summed E-state index contributed by atoms with van der Waals surface area (Å²) in [6.07, 6.45) is 0. The Kier molecular flexibility index (Phi) is 5.49. The quantitative estimate of drug-likeness (QED) is 0.566. The predicted octanol–water partition coefficient (Wildman–Crippen LogP) is 2.47. The van der Waals surface area contributed by atoms with Crippen molar-refractivity contribution in [3.05, 3.63) is 0 Å². The topological polar surface area (TPSA) is 9.23 Å². The molecular formula is C5H12Br2OSi. The van der Waals surface area contributed by atoms with Crippen LogP contribution in [0.15, 0.2) is 0 Å². The highest BCUT2D eigenvalue weighted by Crippen LogP contribution is 2.10. The Morgan fingerprint density at radius 3 is 1.89 bits per heavy atom. The zero-order valence-corrected chi connectivity index (χ0v) is 9.96. The van der Waals surface area contributed by atoms with Gasteiger partial charge < -0.3 is 4.43 Å². The van der Waals surface area contributed by atoms with Crippen LogP contribution in [0.3, 0.4) is 0 Å². The van der Waals surface area contributed by atoms with Crippen LogP contribution in [-0.2, 0) is 4.43 Å². The smallest absolute Gasteiger partial charge is 0.210 e. The minimum atomic E-state index is -1.36. The van der Waals surface area contributed by atoms with Crippen molar-refractivity contribution in [3.8, 4) is 0 Å². The molecule has 0 spiro atoms. The molecular weight excluding hydrogens is 264 g/mol. The van der Waals surface area contributed by atoms with Gasteiger partial charge in [0.1, 0.15) is 0 Å². The minimum absolute atomic E-state index is 0.833. The van der Waals surface area contributed by atoms with Gasteiger partial charge in [-0.3, -0.25) is 0 Å². The molecule has 0 saturated heterocycles. The van der Waals surface area contributed by atoms with E-state index in [4.69, 9.17) is 4.43 Å². The van der Waals surface area contributed by atoms with Crippen LogP contribution < -0.4 is 0 Å². The van der Waals surface area contributed by atoms with E-state index < -0.39 is 8.32 Å². The van der Waals surface area contributed by atoms with Crippen LogP contribution in [0.1, 0.15) is 6.92 Å². The van der Waals surface area contributed by atoms with Crippen molar-refractivity contribution in [2.45, 2.75) is 13.5 Å². The third-order valence-corrected chi connectivity index (χ3v) is 10.3. The van der Waals surface area contributed by atoms with Crippen LogP contribution in [0, 0.1) is 0 Å². The summed E-state index contributed by atoms with van der Waals surface area (Å²) in [5, 5.41) is 0. The molecule has 1 nitrogen and oxygen atoms in total. The molecule has 0 aliphatic carbocycles. The average Bonchev–Trinajstić information content (AvgIpc) is 1.89. The van der Waals surface area contributed by atoms with Gasteiger partial charge in [-0.15, -0.1) is 0 Å². The fraction of sp³-hybridized carbons (Fsp3) is 1.00.